The first-order valence-electron chi connectivity index (χ1n) is 3.98. The van der Waals surface area contributed by atoms with Crippen LogP contribution in [-0.4, -0.2) is 22.5 Å². The minimum atomic E-state index is 0.295. The molecule has 0 fully saturated rings. The molecule has 4 heteroatoms. The predicted octanol–water partition coefficient (Wildman–Crippen LogP) is 2.07. The van der Waals surface area contributed by atoms with Crippen molar-refractivity contribution in [1.82, 2.24) is 9.78 Å². The van der Waals surface area contributed by atoms with Gasteiger partial charge in [-0.15, -0.1) is 0 Å². The van der Waals surface area contributed by atoms with E-state index in [9.17, 15) is 0 Å². The number of nitrogens with zero attached hydrogens (tertiary/aromatic N) is 2. The fourth-order valence-corrected chi connectivity index (χ4v) is 1.17. The molecule has 1 aromatic rings. The zero-order valence-corrected chi connectivity index (χ0v) is 8.91. The van der Waals surface area contributed by atoms with Crippen LogP contribution in [-0.2, 0) is 11.3 Å². The van der Waals surface area contributed by atoms with Gasteiger partial charge >= 0.3 is 0 Å². The van der Waals surface area contributed by atoms with Gasteiger partial charge in [-0.25, -0.2) is 0 Å². The Kier molecular flexibility index (Phi) is 3.75. The average Bonchev–Trinajstić information content (AvgIpc) is 2.35. The second-order valence-corrected chi connectivity index (χ2v) is 3.76. The van der Waals surface area contributed by atoms with Gasteiger partial charge in [0.15, 0.2) is 0 Å². The molecule has 3 nitrogen and oxygen atoms in total. The molecule has 1 aromatic heterocycles. The Hall–Kier alpha value is -0.350. The molecule has 0 saturated carbocycles. The lowest BCUT2D eigenvalue weighted by molar-refractivity contribution is 0.0709. The molecule has 0 spiro atoms. The fourth-order valence-electron chi connectivity index (χ4n) is 0.843. The van der Waals surface area contributed by atoms with Gasteiger partial charge in [0.25, 0.3) is 0 Å². The maximum Gasteiger partial charge on any atom is 0.0666 e. The molecule has 1 heterocycles. The van der Waals surface area contributed by atoms with E-state index < -0.39 is 0 Å². The van der Waals surface area contributed by atoms with Crippen LogP contribution in [0.2, 0.25) is 0 Å². The highest BCUT2D eigenvalue weighted by Crippen LogP contribution is 2.05. The van der Waals surface area contributed by atoms with Crippen molar-refractivity contribution >= 4 is 15.9 Å². The maximum atomic E-state index is 5.38. The third-order valence-corrected chi connectivity index (χ3v) is 1.78. The third kappa shape index (κ3) is 3.36. The summed E-state index contributed by atoms with van der Waals surface area (Å²) in [5.41, 5.74) is 0. The molecule has 0 amide bonds. The zero-order chi connectivity index (χ0) is 8.97. The predicted molar refractivity (Wildman–Crippen MR) is 51.0 cm³/mol. The molecule has 0 bridgehead atoms. The normalized spacial score (nSPS) is 11.0. The summed E-state index contributed by atoms with van der Waals surface area (Å²) in [4.78, 5) is 0. The van der Waals surface area contributed by atoms with Crippen LogP contribution in [0.15, 0.2) is 16.9 Å². The number of hydrogen-bond donors (Lipinski definition) is 0. The number of aromatic nitrogens is 2. The van der Waals surface area contributed by atoms with Gasteiger partial charge in [0.1, 0.15) is 0 Å². The molecule has 0 aliphatic rings. The Balaban J connectivity index is 2.24. The maximum absolute atomic E-state index is 5.38. The number of hydrogen-bond acceptors (Lipinski definition) is 2. The van der Waals surface area contributed by atoms with E-state index >= 15 is 0 Å². The van der Waals surface area contributed by atoms with E-state index in [1.54, 1.807) is 6.20 Å². The summed E-state index contributed by atoms with van der Waals surface area (Å²) < 4.78 is 8.24. The molecule has 0 aromatic carbocycles. The summed E-state index contributed by atoms with van der Waals surface area (Å²) >= 11 is 3.33. The highest BCUT2D eigenvalue weighted by Gasteiger charge is 1.96. The summed E-state index contributed by atoms with van der Waals surface area (Å²) in [5, 5.41) is 4.10. The molecule has 0 N–H and O–H groups in total. The summed E-state index contributed by atoms with van der Waals surface area (Å²) in [6.07, 6.45) is 4.00. The van der Waals surface area contributed by atoms with Crippen molar-refractivity contribution in [2.45, 2.75) is 26.5 Å². The van der Waals surface area contributed by atoms with E-state index in [0.29, 0.717) is 12.7 Å². The summed E-state index contributed by atoms with van der Waals surface area (Å²) in [5.74, 6) is 0. The van der Waals surface area contributed by atoms with Crippen molar-refractivity contribution in [3.63, 3.8) is 0 Å². The summed E-state index contributed by atoms with van der Waals surface area (Å²) in [7, 11) is 0. The van der Waals surface area contributed by atoms with Crippen molar-refractivity contribution in [2.75, 3.05) is 6.61 Å². The molecule has 12 heavy (non-hydrogen) atoms. The van der Waals surface area contributed by atoms with Crippen molar-refractivity contribution < 1.29 is 4.74 Å². The fraction of sp³-hybridized carbons (Fsp3) is 0.625. The van der Waals surface area contributed by atoms with Crippen molar-refractivity contribution in [3.05, 3.63) is 16.9 Å². The monoisotopic (exact) mass is 232 g/mol. The van der Waals surface area contributed by atoms with Crippen molar-refractivity contribution in [3.8, 4) is 0 Å². The number of halogens is 1. The highest BCUT2D eigenvalue weighted by atomic mass is 79.9. The SMILES string of the molecule is CC(C)OCCn1cc(Br)cn1. The molecule has 0 unspecified atom stereocenters. The quantitative estimate of drug-likeness (QED) is 0.795. The molecule has 0 aliphatic carbocycles. The van der Waals surface area contributed by atoms with E-state index in [4.69, 9.17) is 4.74 Å². The van der Waals surface area contributed by atoms with Crippen LogP contribution in [0.25, 0.3) is 0 Å². The third-order valence-electron chi connectivity index (χ3n) is 1.37. The van der Waals surface area contributed by atoms with E-state index in [2.05, 4.69) is 21.0 Å². The second kappa shape index (κ2) is 4.62. The van der Waals surface area contributed by atoms with Crippen LogP contribution >= 0.6 is 15.9 Å². The lowest BCUT2D eigenvalue weighted by atomic mass is 10.5. The first kappa shape index (κ1) is 9.74. The lowest BCUT2D eigenvalue weighted by Gasteiger charge is -2.06. The van der Waals surface area contributed by atoms with Gasteiger partial charge in [0.2, 0.25) is 0 Å². The van der Waals surface area contributed by atoms with Crippen LogP contribution in [0.5, 0.6) is 0 Å². The van der Waals surface area contributed by atoms with E-state index in [1.165, 1.54) is 0 Å². The number of ether oxygens (including phenoxy) is 1. The van der Waals surface area contributed by atoms with Crippen LogP contribution < -0.4 is 0 Å². The molecule has 1 rings (SSSR count). The molecular weight excluding hydrogens is 220 g/mol. The Morgan fingerprint density at radius 1 is 1.67 bits per heavy atom. The molecule has 0 saturated heterocycles. The minimum absolute atomic E-state index is 0.295. The van der Waals surface area contributed by atoms with Gasteiger partial charge in [0, 0.05) is 6.20 Å². The van der Waals surface area contributed by atoms with E-state index in [-0.39, 0.29) is 0 Å². The Bertz CT molecular complexity index is 235. The highest BCUT2D eigenvalue weighted by molar-refractivity contribution is 9.10. The Labute approximate surface area is 80.8 Å². The molecule has 0 aliphatic heterocycles. The van der Waals surface area contributed by atoms with Gasteiger partial charge < -0.3 is 4.74 Å². The van der Waals surface area contributed by atoms with E-state index in [0.717, 1.165) is 11.0 Å². The standard InChI is InChI=1S/C8H13BrN2O/c1-7(2)12-4-3-11-6-8(9)5-10-11/h5-7H,3-4H2,1-2H3. The van der Waals surface area contributed by atoms with Gasteiger partial charge in [-0.1, -0.05) is 0 Å². The second-order valence-electron chi connectivity index (χ2n) is 2.84. The van der Waals surface area contributed by atoms with Gasteiger partial charge in [-0.2, -0.15) is 5.10 Å². The van der Waals surface area contributed by atoms with Gasteiger partial charge in [0.05, 0.1) is 29.9 Å². The summed E-state index contributed by atoms with van der Waals surface area (Å²) in [6, 6.07) is 0. The molecule has 68 valence electrons. The topological polar surface area (TPSA) is 27.1 Å². The molecular formula is C8H13BrN2O. The Morgan fingerprint density at radius 3 is 2.92 bits per heavy atom. The zero-order valence-electron chi connectivity index (χ0n) is 7.33. The van der Waals surface area contributed by atoms with E-state index in [1.807, 2.05) is 24.7 Å². The lowest BCUT2D eigenvalue weighted by Crippen LogP contribution is -2.10. The molecule has 0 radical (unpaired) electrons. The van der Waals surface area contributed by atoms with Crippen LogP contribution in [0.1, 0.15) is 13.8 Å². The van der Waals surface area contributed by atoms with Crippen LogP contribution in [0.4, 0.5) is 0 Å². The van der Waals surface area contributed by atoms with Crippen LogP contribution in [0, 0.1) is 0 Å². The molecule has 0 atom stereocenters. The minimum Gasteiger partial charge on any atom is -0.377 e. The largest absolute Gasteiger partial charge is 0.377 e. The first-order chi connectivity index (χ1) is 5.68. The first-order valence-corrected chi connectivity index (χ1v) is 4.77. The summed E-state index contributed by atoms with van der Waals surface area (Å²) in [6.45, 7) is 5.58. The number of rotatable bonds is 4. The van der Waals surface area contributed by atoms with Gasteiger partial charge in [-0.05, 0) is 29.8 Å². The smallest absolute Gasteiger partial charge is 0.0666 e. The average molecular weight is 233 g/mol. The van der Waals surface area contributed by atoms with Gasteiger partial charge in [-0.3, -0.25) is 4.68 Å². The Morgan fingerprint density at radius 2 is 2.42 bits per heavy atom. The van der Waals surface area contributed by atoms with Crippen LogP contribution in [0.3, 0.4) is 0 Å². The van der Waals surface area contributed by atoms with Crippen molar-refractivity contribution in [1.29, 1.82) is 0 Å². The van der Waals surface area contributed by atoms with Crippen molar-refractivity contribution in [2.24, 2.45) is 0 Å².